The van der Waals surface area contributed by atoms with Crippen molar-refractivity contribution in [2.75, 3.05) is 99.6 Å². The van der Waals surface area contributed by atoms with Crippen LogP contribution in [-0.2, 0) is 42.8 Å². The Morgan fingerprint density at radius 2 is 0.743 bits per heavy atom. The number of aliphatic hydroxyl groups is 6. The Morgan fingerprint density at radius 1 is 0.441 bits per heavy atom. The van der Waals surface area contributed by atoms with Crippen LogP contribution < -0.4 is 104 Å². The minimum atomic E-state index is -1.06. The summed E-state index contributed by atoms with van der Waals surface area (Å²) in [4.78, 5) is 90.7. The number of hydrazine groups is 1. The summed E-state index contributed by atoms with van der Waals surface area (Å²) in [5.74, 6) is 11.3. The average Bonchev–Trinajstić information content (AvgIpc) is 1.64. The number of nitrogens with two attached hydrogens (primary N) is 4. The summed E-state index contributed by atoms with van der Waals surface area (Å²) in [6, 6.07) is 25.5. The van der Waals surface area contributed by atoms with Crippen LogP contribution in [0.15, 0.2) is 97.1 Å². The largest absolute Gasteiger partial charge is 1.00 e. The molecule has 0 saturated heterocycles. The van der Waals surface area contributed by atoms with Crippen molar-refractivity contribution in [1.29, 1.82) is 32.3 Å². The van der Waals surface area contributed by atoms with Gasteiger partial charge in [-0.05, 0) is 158 Å². The zero-order valence-electron chi connectivity index (χ0n) is 77.9. The van der Waals surface area contributed by atoms with Gasteiger partial charge in [-0.15, -0.1) is 85.3 Å². The van der Waals surface area contributed by atoms with Gasteiger partial charge in [0.25, 0.3) is 11.8 Å². The third-order valence-electron chi connectivity index (χ3n) is 12.3. The van der Waals surface area contributed by atoms with E-state index in [0.29, 0.717) is 16.6 Å². The molecule has 0 saturated carbocycles. The first kappa shape index (κ1) is 131. The van der Waals surface area contributed by atoms with Gasteiger partial charge in [-0.2, -0.15) is 9.65 Å². The van der Waals surface area contributed by atoms with Crippen molar-refractivity contribution >= 4 is 84.1 Å². The molecule has 0 bridgehead atoms. The number of aliphatic hydroxyl groups excluding tert-OH is 6. The molecule has 58 heteroatoms. The molecule has 1 aliphatic heterocycles. The van der Waals surface area contributed by atoms with Crippen LogP contribution in [0.5, 0.6) is 29.4 Å². The molecule has 0 atom stereocenters. The molecule has 55 nitrogen and oxygen atoms in total. The van der Waals surface area contributed by atoms with Crippen LogP contribution >= 0.6 is 12.4 Å². The van der Waals surface area contributed by atoms with Gasteiger partial charge in [0.05, 0.1) is 37.6 Å². The third-order valence-corrected chi connectivity index (χ3v) is 12.3. The number of ether oxygens (including phenoxy) is 12. The Bertz CT molecular complexity index is 4650. The molecule has 6 aromatic heterocycles. The van der Waals surface area contributed by atoms with Gasteiger partial charge in [-0.25, -0.2) is 29.9 Å². The zero-order valence-corrected chi connectivity index (χ0v) is 80.7. The average molecular weight is 1960 g/mol. The number of carbonyl (C=O) groups is 7. The molecule has 5 amide bonds. The number of hydrogen-bond donors (Lipinski definition) is 19. The summed E-state index contributed by atoms with van der Waals surface area (Å²) in [7, 11) is 1.00. The van der Waals surface area contributed by atoms with Crippen LogP contribution in [0.1, 0.15) is 159 Å². The van der Waals surface area contributed by atoms with Crippen LogP contribution in [0.25, 0.3) is 0 Å². The summed E-state index contributed by atoms with van der Waals surface area (Å²) in [6.07, 6.45) is -4.35. The topological polar surface area (TPSA) is 869 Å². The molecule has 7 aromatic rings. The zero-order chi connectivity index (χ0) is 102. The third kappa shape index (κ3) is 62.8. The number of halogens is 2. The SMILES string of the molecule is CC(C)(C)OC(=O)NC(=N)c1ccc(OCCO)nn1.CC(C)(C)OC(=O)NC(=N)c1ccc(OCCON)nn1.CC(C)(C)OC(=O)NC(=N)c1ccc(OCCON2C(=O)c3ccccc3C2=O)nn1.CC(C)(C)OC(=O)OC(=O)OC(C)(C)C.CO.Cl.N.N#Cc1ccc(F)nn1.N=C(N)c1ccc(OCCO)nn1.N=C(OCCO)c1ccc(OCCO)nn1.NN.[Na+].[O-]CCO. The fourth-order valence-electron chi connectivity index (χ4n) is 7.47. The molecule has 8 rings (SSSR count). The van der Waals surface area contributed by atoms with Crippen molar-refractivity contribution in [1.82, 2.24) is 88.3 Å². The van der Waals surface area contributed by atoms with Gasteiger partial charge in [-0.3, -0.25) is 69.1 Å². The standard InChI is InChI=1S/C20H21N5O6.C12H19N5O4.C12H18N4O4.C10H18O5.C9H13N3O4.C7H10N4O2.C5H2FN3.C2H5O2.CH4O.ClH.H4N2.H3N.Na/c1-20(2,3)31-19(28)22-16(21)14-8-9-15(24-23-14)29-10-11-30-25-17(26)12-6-4-5-7-13(12)18(25)27;1-12(2,3)21-11(18)15-10(13)8-4-5-9(17-16-8)19-6-7-20-14;1-12(2,3)20-11(18)14-10(13)8-4-5-9(16-15-8)19-7-6-17;1-9(2,3)14-7(11)13-8(12)15-10(4,5)6;10-9(16-6-4-14)7-1-2-8(12-11-7)15-5-3-13;8-7(9)5-1-2-6(11-10-5)13-4-3-12;6-5-2-1-4(3-7)8-9-5;3-1-2-4;1-2;;1-2;;/h4-9H,10-11H2,1-3H3,(H2,21,22,28);4-5H,6-7,14H2,1-3H3,(H2,13,15,18);4-5,17H,6-7H2,1-3H3,(H2,13,14,18);1-6H3;1-2,10,13-14H,3-6H2;1-2,12H,3-4H2,(H3,8,9);1-2H;3H,1-2H2;2H,1H3;1H;1-2H2;1H3;/q;;;;;;;-1;;;;;+1. The van der Waals surface area contributed by atoms with Crippen LogP contribution in [0.4, 0.5) is 28.4 Å². The van der Waals surface area contributed by atoms with E-state index in [0.717, 1.165) is 13.2 Å². The van der Waals surface area contributed by atoms with Crippen molar-refractivity contribution in [3.05, 3.63) is 148 Å². The first-order valence-corrected chi connectivity index (χ1v) is 38.6. The quantitative estimate of drug-likeness (QED) is 0.00303. The van der Waals surface area contributed by atoms with Crippen molar-refractivity contribution in [2.24, 2.45) is 23.3 Å². The summed E-state index contributed by atoms with van der Waals surface area (Å²) in [6.45, 7) is 25.3. The van der Waals surface area contributed by atoms with E-state index in [9.17, 15) is 38.0 Å². The Balaban J connectivity index is -0.000000495. The molecule has 0 radical (unpaired) electrons. The molecule has 25 N–H and O–H groups in total. The summed E-state index contributed by atoms with van der Waals surface area (Å²) in [5.41, 5.74) is 3.53. The number of rotatable bonds is 26. The number of nitriles is 1. The first-order chi connectivity index (χ1) is 62.5. The van der Waals surface area contributed by atoms with E-state index in [-0.39, 0.29) is 233 Å². The Kier molecular flexibility index (Phi) is 68.5. The number of aromatic nitrogens is 12. The van der Waals surface area contributed by atoms with Gasteiger partial charge in [0.1, 0.15) is 121 Å². The fourth-order valence-corrected chi connectivity index (χ4v) is 7.47. The molecular formula is C78H118ClFN27NaO28. The van der Waals surface area contributed by atoms with Crippen LogP contribution in [0.3, 0.4) is 0 Å². The number of carbonyl (C=O) groups excluding carboxylic acids is 7. The van der Waals surface area contributed by atoms with Crippen molar-refractivity contribution in [3.63, 3.8) is 0 Å². The number of hydroxylamine groups is 2. The molecule has 0 unspecified atom stereocenters. The van der Waals surface area contributed by atoms with E-state index >= 15 is 0 Å². The number of hydrogen-bond acceptors (Lipinski definition) is 50. The molecule has 7 heterocycles. The van der Waals surface area contributed by atoms with Crippen molar-refractivity contribution in [3.8, 4) is 35.5 Å². The van der Waals surface area contributed by atoms with Gasteiger partial charge >= 0.3 is 60.1 Å². The second kappa shape index (κ2) is 71.1. The Hall–Kier alpha value is -13.5. The van der Waals surface area contributed by atoms with E-state index in [1.807, 2.05) is 0 Å². The number of benzene rings is 1. The minimum Gasteiger partial charge on any atom is -0.853 e. The normalized spacial score (nSPS) is 10.5. The summed E-state index contributed by atoms with van der Waals surface area (Å²) in [5, 5.41) is 154. The number of imide groups is 1. The van der Waals surface area contributed by atoms with Crippen LogP contribution in [-0.4, -0.2) is 296 Å². The molecule has 136 heavy (non-hydrogen) atoms. The van der Waals surface area contributed by atoms with Crippen LogP contribution in [0, 0.1) is 44.3 Å². The number of fused-ring (bicyclic) bond motifs is 1. The number of nitrogens with one attached hydrogen (secondary N) is 8. The summed E-state index contributed by atoms with van der Waals surface area (Å²) >= 11 is 0. The monoisotopic (exact) mass is 1960 g/mol. The first-order valence-electron chi connectivity index (χ1n) is 38.6. The Labute approximate surface area is 808 Å². The van der Waals surface area contributed by atoms with Gasteiger partial charge in [0, 0.05) is 44.0 Å². The molecule has 0 aliphatic carbocycles. The number of amides is 5. The molecule has 1 aromatic carbocycles. The molecular weight excluding hydrogens is 1840 g/mol. The maximum absolute atomic E-state index is 12.2. The predicted molar refractivity (Wildman–Crippen MR) is 472 cm³/mol. The second-order valence-corrected chi connectivity index (χ2v) is 29.0. The maximum atomic E-state index is 12.2. The number of amidine groups is 4. The maximum Gasteiger partial charge on any atom is 1.00 e. The summed E-state index contributed by atoms with van der Waals surface area (Å²) < 4.78 is 71.2. The van der Waals surface area contributed by atoms with Gasteiger partial charge in [0.2, 0.25) is 41.2 Å². The second-order valence-electron chi connectivity index (χ2n) is 29.0. The van der Waals surface area contributed by atoms with E-state index in [1.54, 1.807) is 140 Å². The Morgan fingerprint density at radius 3 is 1.00 bits per heavy atom. The van der Waals surface area contributed by atoms with Gasteiger partial charge < -0.3 is 109 Å². The van der Waals surface area contributed by atoms with E-state index in [1.165, 1.54) is 60.7 Å². The van der Waals surface area contributed by atoms with Gasteiger partial charge in [0.15, 0.2) is 23.2 Å². The predicted octanol–water partition coefficient (Wildman–Crippen LogP) is -0.745. The van der Waals surface area contributed by atoms with E-state index < -0.39 is 76.4 Å². The van der Waals surface area contributed by atoms with Crippen LogP contribution in [0.2, 0.25) is 0 Å². The van der Waals surface area contributed by atoms with Crippen molar-refractivity contribution < 1.29 is 170 Å². The minimum absolute atomic E-state index is 0. The smallest absolute Gasteiger partial charge is 0.853 e. The van der Waals surface area contributed by atoms with Gasteiger partial charge in [-0.1, -0.05) is 12.1 Å². The van der Waals surface area contributed by atoms with E-state index in [2.05, 4.69) is 98.4 Å². The van der Waals surface area contributed by atoms with Crippen molar-refractivity contribution in [2.45, 2.75) is 132 Å². The molecule has 748 valence electrons. The number of nitrogens with zero attached hydrogens (tertiary/aromatic N) is 14. The molecule has 0 fully saturated rings. The number of alkyl carbamates (subject to hydrolysis) is 3. The molecule has 0 spiro atoms. The number of nitrogen functional groups attached to an aromatic ring is 1. The van der Waals surface area contributed by atoms with E-state index in [4.69, 9.17) is 137 Å². The molecule has 1 aliphatic rings. The fraction of sp³-hybridized carbons (Fsp3) is 0.449.